The molecule has 0 saturated heterocycles. The summed E-state index contributed by atoms with van der Waals surface area (Å²) in [6.07, 6.45) is 6.94. The van der Waals surface area contributed by atoms with Gasteiger partial charge in [0.2, 0.25) is 5.91 Å². The number of carbonyl (C=O) groups excluding carboxylic acids is 1. The minimum absolute atomic E-state index is 0.136. The van der Waals surface area contributed by atoms with E-state index in [1.807, 2.05) is 18.3 Å². The maximum Gasteiger partial charge on any atom is 0.220 e. The average molecular weight is 277 g/mol. The van der Waals surface area contributed by atoms with Crippen LogP contribution in [0, 0.1) is 11.8 Å². The van der Waals surface area contributed by atoms with Gasteiger partial charge in [-0.3, -0.25) is 9.78 Å². The van der Waals surface area contributed by atoms with Gasteiger partial charge >= 0.3 is 0 Å². The van der Waals surface area contributed by atoms with Crippen LogP contribution in [0.5, 0.6) is 0 Å². The number of aromatic nitrogens is 1. The van der Waals surface area contributed by atoms with Crippen LogP contribution in [0.2, 0.25) is 0 Å². The lowest BCUT2D eigenvalue weighted by Gasteiger charge is -2.19. The van der Waals surface area contributed by atoms with Gasteiger partial charge in [-0.1, -0.05) is 19.9 Å². The summed E-state index contributed by atoms with van der Waals surface area (Å²) in [6.45, 7) is 5.76. The first-order valence-electron chi connectivity index (χ1n) is 7.49. The Kier molecular flexibility index (Phi) is 7.88. The number of nitrogens with two attached hydrogens (primary N) is 1. The summed E-state index contributed by atoms with van der Waals surface area (Å²) in [5.41, 5.74) is 6.76. The Bertz CT molecular complexity index is 379. The molecule has 0 radical (unpaired) electrons. The van der Waals surface area contributed by atoms with Crippen molar-refractivity contribution in [3.05, 3.63) is 30.1 Å². The van der Waals surface area contributed by atoms with Crippen molar-refractivity contribution in [1.29, 1.82) is 0 Å². The zero-order valence-corrected chi connectivity index (χ0v) is 12.6. The van der Waals surface area contributed by atoms with Crippen LogP contribution >= 0.6 is 0 Å². The highest BCUT2D eigenvalue weighted by atomic mass is 16.1. The smallest absolute Gasteiger partial charge is 0.220 e. The van der Waals surface area contributed by atoms with E-state index < -0.39 is 0 Å². The Morgan fingerprint density at radius 1 is 1.40 bits per heavy atom. The molecule has 1 unspecified atom stereocenters. The number of nitrogens with one attached hydrogen (secondary N) is 1. The van der Waals surface area contributed by atoms with Gasteiger partial charge < -0.3 is 11.1 Å². The molecule has 1 aromatic rings. The fourth-order valence-electron chi connectivity index (χ4n) is 2.32. The average Bonchev–Trinajstić information content (AvgIpc) is 2.44. The molecule has 1 amide bonds. The van der Waals surface area contributed by atoms with Gasteiger partial charge in [0, 0.05) is 25.4 Å². The highest BCUT2D eigenvalue weighted by molar-refractivity contribution is 5.75. The summed E-state index contributed by atoms with van der Waals surface area (Å²) in [4.78, 5) is 15.9. The summed E-state index contributed by atoms with van der Waals surface area (Å²) in [6, 6.07) is 3.94. The number of pyridine rings is 1. The molecule has 1 atom stereocenters. The van der Waals surface area contributed by atoms with E-state index in [0.717, 1.165) is 24.8 Å². The van der Waals surface area contributed by atoms with E-state index in [4.69, 9.17) is 5.73 Å². The van der Waals surface area contributed by atoms with Gasteiger partial charge in [0.1, 0.15) is 0 Å². The monoisotopic (exact) mass is 277 g/mol. The maximum atomic E-state index is 11.8. The molecule has 0 aliphatic rings. The predicted molar refractivity (Wildman–Crippen MR) is 82.2 cm³/mol. The lowest BCUT2D eigenvalue weighted by molar-refractivity contribution is -0.121. The van der Waals surface area contributed by atoms with Crippen molar-refractivity contribution in [2.24, 2.45) is 17.6 Å². The molecule has 0 aromatic carbocycles. The topological polar surface area (TPSA) is 68.0 Å². The van der Waals surface area contributed by atoms with Crippen molar-refractivity contribution in [1.82, 2.24) is 10.3 Å². The number of amides is 1. The lowest BCUT2D eigenvalue weighted by Crippen LogP contribution is -2.26. The molecular weight excluding hydrogens is 250 g/mol. The second-order valence-electron chi connectivity index (χ2n) is 5.58. The number of hydrogen-bond donors (Lipinski definition) is 2. The quantitative estimate of drug-likeness (QED) is 0.726. The third-order valence-electron chi connectivity index (χ3n) is 3.68. The van der Waals surface area contributed by atoms with Crippen LogP contribution in [0.1, 0.15) is 38.7 Å². The van der Waals surface area contributed by atoms with Gasteiger partial charge in [0.05, 0.1) is 0 Å². The Labute approximate surface area is 122 Å². The number of hydrogen-bond acceptors (Lipinski definition) is 3. The van der Waals surface area contributed by atoms with E-state index in [1.54, 1.807) is 6.20 Å². The molecule has 1 heterocycles. The Balaban J connectivity index is 2.20. The molecule has 112 valence electrons. The Hall–Kier alpha value is -1.42. The first-order valence-corrected chi connectivity index (χ1v) is 7.49. The van der Waals surface area contributed by atoms with E-state index in [2.05, 4.69) is 24.1 Å². The molecule has 0 aliphatic carbocycles. The van der Waals surface area contributed by atoms with Crippen molar-refractivity contribution < 1.29 is 4.79 Å². The molecule has 3 N–H and O–H groups in total. The van der Waals surface area contributed by atoms with E-state index in [9.17, 15) is 4.79 Å². The molecule has 0 aliphatic heterocycles. The third kappa shape index (κ3) is 6.66. The normalized spacial score (nSPS) is 12.4. The zero-order chi connectivity index (χ0) is 14.8. The molecule has 20 heavy (non-hydrogen) atoms. The third-order valence-corrected chi connectivity index (χ3v) is 3.68. The molecule has 0 fully saturated rings. The van der Waals surface area contributed by atoms with Crippen LogP contribution in [0.25, 0.3) is 0 Å². The van der Waals surface area contributed by atoms with E-state index in [-0.39, 0.29) is 5.91 Å². The number of nitrogens with zero attached hydrogens (tertiary/aromatic N) is 1. The van der Waals surface area contributed by atoms with Crippen LogP contribution in [-0.2, 0) is 11.2 Å². The molecule has 4 nitrogen and oxygen atoms in total. The highest BCUT2D eigenvalue weighted by Gasteiger charge is 2.14. The van der Waals surface area contributed by atoms with Gasteiger partial charge in [0.25, 0.3) is 0 Å². The van der Waals surface area contributed by atoms with Crippen LogP contribution in [0.3, 0.4) is 0 Å². The van der Waals surface area contributed by atoms with Crippen LogP contribution in [0.4, 0.5) is 0 Å². The second-order valence-corrected chi connectivity index (χ2v) is 5.58. The fraction of sp³-hybridized carbons (Fsp3) is 0.625. The first-order chi connectivity index (χ1) is 9.63. The molecule has 1 rings (SSSR count). The van der Waals surface area contributed by atoms with Crippen molar-refractivity contribution in [3.8, 4) is 0 Å². The minimum Gasteiger partial charge on any atom is -0.356 e. The van der Waals surface area contributed by atoms with Crippen molar-refractivity contribution in [3.63, 3.8) is 0 Å². The van der Waals surface area contributed by atoms with Crippen molar-refractivity contribution >= 4 is 5.91 Å². The van der Waals surface area contributed by atoms with Crippen LogP contribution in [-0.4, -0.2) is 24.0 Å². The van der Waals surface area contributed by atoms with Crippen LogP contribution in [0.15, 0.2) is 24.5 Å². The Morgan fingerprint density at radius 2 is 2.20 bits per heavy atom. The van der Waals surface area contributed by atoms with E-state index in [0.29, 0.717) is 31.3 Å². The lowest BCUT2D eigenvalue weighted by atomic mass is 9.88. The predicted octanol–water partition coefficient (Wildman–Crippen LogP) is 2.14. The van der Waals surface area contributed by atoms with Gasteiger partial charge in [-0.25, -0.2) is 0 Å². The largest absolute Gasteiger partial charge is 0.356 e. The van der Waals surface area contributed by atoms with Crippen molar-refractivity contribution in [2.75, 3.05) is 13.1 Å². The highest BCUT2D eigenvalue weighted by Crippen LogP contribution is 2.20. The SMILES string of the molecule is CC(C)C(CCN)CCC(=O)NCCc1cccnc1. The zero-order valence-electron chi connectivity index (χ0n) is 12.6. The second kappa shape index (κ2) is 9.48. The van der Waals surface area contributed by atoms with Gasteiger partial charge in [-0.05, 0) is 49.3 Å². The standard InChI is InChI=1S/C16H27N3O/c1-13(2)15(7-9-17)5-6-16(20)19-11-8-14-4-3-10-18-12-14/h3-4,10,12-13,15H,5-9,11,17H2,1-2H3,(H,19,20). The summed E-state index contributed by atoms with van der Waals surface area (Å²) in [7, 11) is 0. The maximum absolute atomic E-state index is 11.8. The number of carbonyl (C=O) groups is 1. The molecule has 0 bridgehead atoms. The molecule has 1 aromatic heterocycles. The summed E-state index contributed by atoms with van der Waals surface area (Å²) < 4.78 is 0. The van der Waals surface area contributed by atoms with Gasteiger partial charge in [-0.2, -0.15) is 0 Å². The van der Waals surface area contributed by atoms with Crippen LogP contribution < -0.4 is 11.1 Å². The fourth-order valence-corrected chi connectivity index (χ4v) is 2.32. The van der Waals surface area contributed by atoms with E-state index in [1.165, 1.54) is 0 Å². The van der Waals surface area contributed by atoms with Gasteiger partial charge in [-0.15, -0.1) is 0 Å². The number of rotatable bonds is 9. The Morgan fingerprint density at radius 3 is 2.80 bits per heavy atom. The van der Waals surface area contributed by atoms with Crippen molar-refractivity contribution in [2.45, 2.75) is 39.5 Å². The summed E-state index contributed by atoms with van der Waals surface area (Å²) >= 11 is 0. The molecule has 0 saturated carbocycles. The minimum atomic E-state index is 0.136. The molecule has 0 spiro atoms. The van der Waals surface area contributed by atoms with Gasteiger partial charge in [0.15, 0.2) is 0 Å². The van der Waals surface area contributed by atoms with E-state index >= 15 is 0 Å². The molecule has 4 heteroatoms. The molecular formula is C16H27N3O. The summed E-state index contributed by atoms with van der Waals surface area (Å²) in [5, 5.41) is 2.97. The summed E-state index contributed by atoms with van der Waals surface area (Å²) in [5.74, 6) is 1.27. The first kappa shape index (κ1) is 16.6.